The van der Waals surface area contributed by atoms with Crippen LogP contribution < -0.4 is 5.73 Å². The van der Waals surface area contributed by atoms with Crippen LogP contribution in [0.15, 0.2) is 35.2 Å². The van der Waals surface area contributed by atoms with Crippen molar-refractivity contribution in [1.82, 2.24) is 4.31 Å². The molecule has 108 valence electrons. The molecule has 0 radical (unpaired) electrons. The fraction of sp³-hybridized carbons (Fsp3) is 0.167. The summed E-state index contributed by atoms with van der Waals surface area (Å²) in [5, 5.41) is 0.397. The molecule has 8 heteroatoms. The van der Waals surface area contributed by atoms with Gasteiger partial charge < -0.3 is 5.73 Å². The second kappa shape index (κ2) is 5.91. The Morgan fingerprint density at radius 2 is 1.95 bits per heavy atom. The largest absolute Gasteiger partial charge is 0.398 e. The van der Waals surface area contributed by atoms with Gasteiger partial charge in [-0.05, 0) is 30.3 Å². The average molecular weight is 351 g/mol. The van der Waals surface area contributed by atoms with Crippen LogP contribution in [0.4, 0.5) is 5.69 Å². The van der Waals surface area contributed by atoms with Gasteiger partial charge in [0.1, 0.15) is 4.90 Å². The minimum Gasteiger partial charge on any atom is -0.398 e. The predicted octanol–water partition coefficient (Wildman–Crippen LogP) is 3.46. The van der Waals surface area contributed by atoms with Gasteiger partial charge in [-0.3, -0.25) is 0 Å². The highest BCUT2D eigenvalue weighted by Crippen LogP contribution is 2.28. The van der Waals surface area contributed by atoms with Crippen molar-refractivity contribution in [2.75, 3.05) is 12.8 Å². The highest BCUT2D eigenvalue weighted by atomic mass is 35.5. The number of benzene rings is 1. The summed E-state index contributed by atoms with van der Waals surface area (Å²) in [5.41, 5.74) is 5.87. The molecule has 1 aromatic heterocycles. The number of thiophene rings is 1. The molecule has 0 spiro atoms. The van der Waals surface area contributed by atoms with Gasteiger partial charge in [0.05, 0.1) is 10.0 Å². The van der Waals surface area contributed by atoms with E-state index in [9.17, 15) is 8.42 Å². The van der Waals surface area contributed by atoms with Crippen molar-refractivity contribution in [1.29, 1.82) is 0 Å². The summed E-state index contributed by atoms with van der Waals surface area (Å²) in [6.07, 6.45) is 0. The van der Waals surface area contributed by atoms with E-state index in [1.165, 1.54) is 40.9 Å². The van der Waals surface area contributed by atoms with Gasteiger partial charge in [0.2, 0.25) is 10.0 Å². The summed E-state index contributed by atoms with van der Waals surface area (Å²) in [5.74, 6) is 0. The predicted molar refractivity (Wildman–Crippen MR) is 83.8 cm³/mol. The third-order valence-electron chi connectivity index (χ3n) is 2.67. The van der Waals surface area contributed by atoms with E-state index in [4.69, 9.17) is 28.9 Å². The zero-order valence-electron chi connectivity index (χ0n) is 10.5. The number of anilines is 1. The lowest BCUT2D eigenvalue weighted by molar-refractivity contribution is 0.470. The lowest BCUT2D eigenvalue weighted by Crippen LogP contribution is -2.26. The van der Waals surface area contributed by atoms with Gasteiger partial charge in [0.15, 0.2) is 0 Å². The van der Waals surface area contributed by atoms with Crippen molar-refractivity contribution in [2.24, 2.45) is 0 Å². The summed E-state index contributed by atoms with van der Waals surface area (Å²) in [7, 11) is -2.17. The maximum atomic E-state index is 12.4. The number of halogens is 2. The van der Waals surface area contributed by atoms with Crippen LogP contribution in [0.5, 0.6) is 0 Å². The molecule has 2 aromatic rings. The first-order valence-electron chi connectivity index (χ1n) is 5.56. The molecule has 0 aliphatic heterocycles. The Labute approximate surface area is 131 Å². The Morgan fingerprint density at radius 1 is 1.25 bits per heavy atom. The van der Waals surface area contributed by atoms with E-state index < -0.39 is 10.0 Å². The second-order valence-electron chi connectivity index (χ2n) is 4.15. The Kier molecular flexibility index (Phi) is 4.61. The van der Waals surface area contributed by atoms with Crippen LogP contribution in [0.1, 0.15) is 4.88 Å². The van der Waals surface area contributed by atoms with Gasteiger partial charge in [0.25, 0.3) is 0 Å². The lowest BCUT2D eigenvalue weighted by Gasteiger charge is -2.17. The molecule has 0 aliphatic rings. The number of hydrogen-bond acceptors (Lipinski definition) is 4. The quantitative estimate of drug-likeness (QED) is 0.858. The van der Waals surface area contributed by atoms with Gasteiger partial charge >= 0.3 is 0 Å². The molecule has 20 heavy (non-hydrogen) atoms. The van der Waals surface area contributed by atoms with E-state index in [2.05, 4.69) is 0 Å². The van der Waals surface area contributed by atoms with E-state index in [-0.39, 0.29) is 17.1 Å². The molecule has 0 unspecified atom stereocenters. The molecule has 0 fully saturated rings. The molecule has 0 atom stereocenters. The number of nitrogens with zero attached hydrogens (tertiary/aromatic N) is 1. The summed E-state index contributed by atoms with van der Waals surface area (Å²) in [6.45, 7) is 0.238. The van der Waals surface area contributed by atoms with Crippen molar-refractivity contribution in [3.63, 3.8) is 0 Å². The monoisotopic (exact) mass is 350 g/mol. The third kappa shape index (κ3) is 3.27. The van der Waals surface area contributed by atoms with Crippen molar-refractivity contribution in [2.45, 2.75) is 11.4 Å². The Morgan fingerprint density at radius 3 is 2.50 bits per heavy atom. The first-order chi connectivity index (χ1) is 9.30. The maximum absolute atomic E-state index is 12.4. The Hall–Kier alpha value is -0.790. The number of hydrogen-bond donors (Lipinski definition) is 1. The lowest BCUT2D eigenvalue weighted by atomic mass is 10.3. The van der Waals surface area contributed by atoms with Gasteiger partial charge in [0, 0.05) is 23.5 Å². The van der Waals surface area contributed by atoms with Crippen LogP contribution in [-0.4, -0.2) is 19.8 Å². The summed E-state index contributed by atoms with van der Waals surface area (Å²) >= 11 is 13.0. The molecule has 0 saturated heterocycles. The fourth-order valence-corrected chi connectivity index (χ4v) is 4.31. The third-order valence-corrected chi connectivity index (χ3v) is 6.00. The number of nitrogen functional groups attached to an aromatic ring is 1. The standard InChI is InChI=1S/C12H12Cl2N2O2S2/c1-16(7-9-3-5-12(14)19-9)20(17,18)11-4-2-8(13)6-10(11)15/h2-6H,7,15H2,1H3. The first-order valence-corrected chi connectivity index (χ1v) is 8.57. The molecule has 1 heterocycles. The summed E-state index contributed by atoms with van der Waals surface area (Å²) in [4.78, 5) is 0.903. The Bertz CT molecular complexity index is 729. The van der Waals surface area contributed by atoms with Crippen LogP contribution in [0.25, 0.3) is 0 Å². The number of sulfonamides is 1. The Balaban J connectivity index is 2.29. The molecule has 0 amide bonds. The van der Waals surface area contributed by atoms with Crippen LogP contribution >= 0.6 is 34.5 Å². The fourth-order valence-electron chi connectivity index (χ4n) is 1.66. The van der Waals surface area contributed by atoms with Crippen molar-refractivity contribution >= 4 is 50.2 Å². The van der Waals surface area contributed by atoms with Gasteiger partial charge in [-0.25, -0.2) is 8.42 Å². The minimum atomic E-state index is -3.66. The molecule has 0 aliphatic carbocycles. The molecular weight excluding hydrogens is 339 g/mol. The molecule has 2 rings (SSSR count). The van der Waals surface area contributed by atoms with Crippen molar-refractivity contribution in [3.05, 3.63) is 44.6 Å². The van der Waals surface area contributed by atoms with Gasteiger partial charge in [-0.15, -0.1) is 11.3 Å². The second-order valence-corrected chi connectivity index (χ2v) is 8.40. The van der Waals surface area contributed by atoms with E-state index in [1.54, 1.807) is 12.1 Å². The minimum absolute atomic E-state index is 0.0482. The first kappa shape index (κ1) is 15.6. The van der Waals surface area contributed by atoms with E-state index >= 15 is 0 Å². The smallest absolute Gasteiger partial charge is 0.245 e. The topological polar surface area (TPSA) is 63.4 Å². The maximum Gasteiger partial charge on any atom is 0.245 e. The molecule has 2 N–H and O–H groups in total. The number of rotatable bonds is 4. The van der Waals surface area contributed by atoms with E-state index in [1.807, 2.05) is 0 Å². The SMILES string of the molecule is CN(Cc1ccc(Cl)s1)S(=O)(=O)c1ccc(Cl)cc1N. The van der Waals surface area contributed by atoms with E-state index in [0.717, 1.165) is 4.88 Å². The van der Waals surface area contributed by atoms with Crippen LogP contribution in [0.2, 0.25) is 9.36 Å². The normalized spacial score (nSPS) is 12.0. The number of nitrogens with two attached hydrogens (primary N) is 1. The van der Waals surface area contributed by atoms with Crippen LogP contribution in [0.3, 0.4) is 0 Å². The van der Waals surface area contributed by atoms with Crippen molar-refractivity contribution < 1.29 is 8.42 Å². The zero-order chi connectivity index (χ0) is 14.9. The molecular formula is C12H12Cl2N2O2S2. The van der Waals surface area contributed by atoms with Gasteiger partial charge in [-0.1, -0.05) is 23.2 Å². The highest BCUT2D eigenvalue weighted by Gasteiger charge is 2.23. The van der Waals surface area contributed by atoms with Crippen molar-refractivity contribution in [3.8, 4) is 0 Å². The van der Waals surface area contributed by atoms with E-state index in [0.29, 0.717) is 9.36 Å². The molecule has 0 saturated carbocycles. The average Bonchev–Trinajstić information content (AvgIpc) is 2.74. The zero-order valence-corrected chi connectivity index (χ0v) is 13.7. The molecule has 0 bridgehead atoms. The summed E-state index contributed by atoms with van der Waals surface area (Å²) in [6, 6.07) is 7.86. The highest BCUT2D eigenvalue weighted by molar-refractivity contribution is 7.89. The molecule has 1 aromatic carbocycles. The van der Waals surface area contributed by atoms with Crippen LogP contribution in [0, 0.1) is 0 Å². The molecule has 4 nitrogen and oxygen atoms in total. The van der Waals surface area contributed by atoms with Crippen LogP contribution in [-0.2, 0) is 16.6 Å². The summed E-state index contributed by atoms with van der Waals surface area (Å²) < 4.78 is 26.8. The van der Waals surface area contributed by atoms with Gasteiger partial charge in [-0.2, -0.15) is 4.31 Å².